The van der Waals surface area contributed by atoms with E-state index >= 15 is 0 Å². The molecule has 0 aliphatic heterocycles. The summed E-state index contributed by atoms with van der Waals surface area (Å²) < 4.78 is 78.6. The Morgan fingerprint density at radius 1 is 1.30 bits per heavy atom. The van der Waals surface area contributed by atoms with Gasteiger partial charge in [0.05, 0.1) is 11.1 Å². The number of pyridine rings is 1. The van der Waals surface area contributed by atoms with Crippen LogP contribution in [0.1, 0.15) is 22.8 Å². The number of halogens is 6. The maximum atomic E-state index is 12.6. The molecule has 0 bridgehead atoms. The fourth-order valence-electron chi connectivity index (χ4n) is 1.15. The van der Waals surface area contributed by atoms with Gasteiger partial charge in [0.2, 0.25) is 5.88 Å². The molecule has 0 aliphatic rings. The molecule has 0 saturated heterocycles. The standard InChI is InChI=1S/C10H7F6NO3/c1-4(9(11,12)13)20-7-2-6(10(14,15)16)5(3-17-7)8(18)19/h2-4H,1H3,(H,18,19). The largest absolute Gasteiger partial charge is 0.478 e. The topological polar surface area (TPSA) is 59.4 Å². The first-order chi connectivity index (χ1) is 8.93. The van der Waals surface area contributed by atoms with E-state index in [0.29, 0.717) is 13.1 Å². The summed E-state index contributed by atoms with van der Waals surface area (Å²) in [7, 11) is 0. The van der Waals surface area contributed by atoms with E-state index < -0.39 is 41.4 Å². The Balaban J connectivity index is 3.17. The molecule has 1 heterocycles. The molecular formula is C10H7F6NO3. The van der Waals surface area contributed by atoms with E-state index in [0.717, 1.165) is 0 Å². The zero-order valence-electron chi connectivity index (χ0n) is 9.71. The predicted octanol–water partition coefficient (Wildman–Crippen LogP) is 3.13. The Morgan fingerprint density at radius 3 is 2.25 bits per heavy atom. The molecule has 4 nitrogen and oxygen atoms in total. The van der Waals surface area contributed by atoms with Crippen molar-refractivity contribution in [1.29, 1.82) is 0 Å². The quantitative estimate of drug-likeness (QED) is 0.872. The number of hydrogen-bond acceptors (Lipinski definition) is 3. The number of carboxylic acid groups (broad SMARTS) is 1. The SMILES string of the molecule is CC(Oc1cc(C(F)(F)F)c(C(=O)O)cn1)C(F)(F)F. The molecule has 1 aromatic rings. The van der Waals surface area contributed by atoms with Gasteiger partial charge in [-0.15, -0.1) is 0 Å². The Morgan fingerprint density at radius 2 is 1.85 bits per heavy atom. The van der Waals surface area contributed by atoms with Crippen LogP contribution >= 0.6 is 0 Å². The molecule has 0 saturated carbocycles. The van der Waals surface area contributed by atoms with Crippen molar-refractivity contribution in [2.75, 3.05) is 0 Å². The number of carboxylic acids is 1. The normalized spacial score (nSPS) is 13.9. The van der Waals surface area contributed by atoms with Crippen LogP contribution in [0.4, 0.5) is 26.3 Å². The van der Waals surface area contributed by atoms with Crippen molar-refractivity contribution in [3.05, 3.63) is 23.4 Å². The minimum atomic E-state index is -5.06. The van der Waals surface area contributed by atoms with E-state index in [1.54, 1.807) is 0 Å². The maximum absolute atomic E-state index is 12.6. The number of alkyl halides is 6. The molecule has 0 aliphatic carbocycles. The summed E-state index contributed by atoms with van der Waals surface area (Å²) in [6.07, 6.45) is -11.9. The minimum absolute atomic E-state index is 0.117. The lowest BCUT2D eigenvalue weighted by Gasteiger charge is -2.18. The van der Waals surface area contributed by atoms with Crippen LogP contribution in [0.25, 0.3) is 0 Å². The smallest absolute Gasteiger partial charge is 0.425 e. The van der Waals surface area contributed by atoms with Gasteiger partial charge in [-0.1, -0.05) is 0 Å². The summed E-state index contributed by atoms with van der Waals surface area (Å²) in [5.74, 6) is -2.87. The molecule has 10 heteroatoms. The molecule has 1 unspecified atom stereocenters. The fraction of sp³-hybridized carbons (Fsp3) is 0.400. The van der Waals surface area contributed by atoms with Gasteiger partial charge in [-0.3, -0.25) is 0 Å². The lowest BCUT2D eigenvalue weighted by Crippen LogP contribution is -2.31. The average Bonchev–Trinajstić information content (AvgIpc) is 2.26. The maximum Gasteiger partial charge on any atom is 0.425 e. The molecular weight excluding hydrogens is 296 g/mol. The molecule has 0 amide bonds. The van der Waals surface area contributed by atoms with Crippen molar-refractivity contribution in [2.45, 2.75) is 25.4 Å². The summed E-state index contributed by atoms with van der Waals surface area (Å²) in [4.78, 5) is 13.7. The average molecular weight is 303 g/mol. The molecule has 1 atom stereocenters. The van der Waals surface area contributed by atoms with Crippen LogP contribution in [-0.2, 0) is 6.18 Å². The first kappa shape index (κ1) is 16.1. The Hall–Kier alpha value is -2.00. The molecule has 1 rings (SSSR count). The van der Waals surface area contributed by atoms with E-state index in [9.17, 15) is 31.1 Å². The lowest BCUT2D eigenvalue weighted by atomic mass is 10.1. The number of nitrogens with zero attached hydrogens (tertiary/aromatic N) is 1. The molecule has 0 radical (unpaired) electrons. The van der Waals surface area contributed by atoms with Gasteiger partial charge in [0, 0.05) is 12.3 Å². The highest BCUT2D eigenvalue weighted by Gasteiger charge is 2.40. The molecule has 0 spiro atoms. The first-order valence-electron chi connectivity index (χ1n) is 4.97. The van der Waals surface area contributed by atoms with Crippen LogP contribution in [0.15, 0.2) is 12.3 Å². The van der Waals surface area contributed by atoms with Gasteiger partial charge in [0.25, 0.3) is 0 Å². The number of carbonyl (C=O) groups is 1. The van der Waals surface area contributed by atoms with Crippen LogP contribution in [0.3, 0.4) is 0 Å². The summed E-state index contributed by atoms with van der Waals surface area (Å²) in [6, 6.07) is 0.117. The number of ether oxygens (including phenoxy) is 1. The summed E-state index contributed by atoms with van der Waals surface area (Å²) in [6.45, 7) is 0.583. The number of hydrogen-bond donors (Lipinski definition) is 1. The Kier molecular flexibility index (Phi) is 4.15. The molecule has 1 N–H and O–H groups in total. The summed E-state index contributed by atoms with van der Waals surface area (Å²) in [5, 5.41) is 8.57. The van der Waals surface area contributed by atoms with Gasteiger partial charge in [-0.2, -0.15) is 26.3 Å². The summed E-state index contributed by atoms with van der Waals surface area (Å²) in [5.41, 5.74) is -2.81. The van der Waals surface area contributed by atoms with E-state index in [4.69, 9.17) is 5.11 Å². The molecule has 0 aromatic carbocycles. The molecule has 20 heavy (non-hydrogen) atoms. The molecule has 112 valence electrons. The zero-order chi connectivity index (χ0) is 15.7. The van der Waals surface area contributed by atoms with Crippen molar-refractivity contribution < 1.29 is 41.0 Å². The number of rotatable bonds is 3. The molecule has 0 fully saturated rings. The first-order valence-corrected chi connectivity index (χ1v) is 4.97. The number of aromatic carboxylic acids is 1. The second-order valence-electron chi connectivity index (χ2n) is 3.67. The Bertz CT molecular complexity index is 511. The van der Waals surface area contributed by atoms with Gasteiger partial charge in [-0.25, -0.2) is 9.78 Å². The minimum Gasteiger partial charge on any atom is -0.478 e. The van der Waals surface area contributed by atoms with Gasteiger partial charge in [0.15, 0.2) is 6.10 Å². The van der Waals surface area contributed by atoms with E-state index in [-0.39, 0.29) is 6.07 Å². The third kappa shape index (κ3) is 3.75. The highest BCUT2D eigenvalue weighted by Crippen LogP contribution is 2.34. The van der Waals surface area contributed by atoms with Crippen molar-refractivity contribution in [1.82, 2.24) is 4.98 Å². The lowest BCUT2D eigenvalue weighted by molar-refractivity contribution is -0.190. The van der Waals surface area contributed by atoms with Gasteiger partial charge >= 0.3 is 18.3 Å². The van der Waals surface area contributed by atoms with Crippen LogP contribution in [0.2, 0.25) is 0 Å². The van der Waals surface area contributed by atoms with Crippen molar-refractivity contribution in [3.8, 4) is 5.88 Å². The monoisotopic (exact) mass is 303 g/mol. The van der Waals surface area contributed by atoms with Crippen LogP contribution < -0.4 is 4.74 Å². The van der Waals surface area contributed by atoms with Crippen LogP contribution in [0, 0.1) is 0 Å². The van der Waals surface area contributed by atoms with Crippen molar-refractivity contribution in [2.24, 2.45) is 0 Å². The van der Waals surface area contributed by atoms with Crippen molar-refractivity contribution >= 4 is 5.97 Å². The van der Waals surface area contributed by atoms with Gasteiger partial charge < -0.3 is 9.84 Å². The highest BCUT2D eigenvalue weighted by atomic mass is 19.4. The number of aromatic nitrogens is 1. The highest BCUT2D eigenvalue weighted by molar-refractivity contribution is 5.89. The fourth-order valence-corrected chi connectivity index (χ4v) is 1.15. The third-order valence-corrected chi connectivity index (χ3v) is 2.17. The van der Waals surface area contributed by atoms with E-state index in [1.807, 2.05) is 0 Å². The van der Waals surface area contributed by atoms with Crippen LogP contribution in [-0.4, -0.2) is 28.3 Å². The van der Waals surface area contributed by atoms with Gasteiger partial charge in [0.1, 0.15) is 0 Å². The van der Waals surface area contributed by atoms with Gasteiger partial charge in [-0.05, 0) is 6.92 Å². The predicted molar refractivity (Wildman–Crippen MR) is 52.3 cm³/mol. The van der Waals surface area contributed by atoms with Crippen LogP contribution in [0.5, 0.6) is 5.88 Å². The summed E-state index contributed by atoms with van der Waals surface area (Å²) >= 11 is 0. The Labute approximate surface area is 108 Å². The second kappa shape index (κ2) is 5.17. The van der Waals surface area contributed by atoms with E-state index in [2.05, 4.69) is 9.72 Å². The van der Waals surface area contributed by atoms with E-state index in [1.165, 1.54) is 0 Å². The second-order valence-corrected chi connectivity index (χ2v) is 3.67. The van der Waals surface area contributed by atoms with Crippen molar-refractivity contribution in [3.63, 3.8) is 0 Å². The molecule has 1 aromatic heterocycles. The third-order valence-electron chi connectivity index (χ3n) is 2.17. The zero-order valence-corrected chi connectivity index (χ0v) is 9.71.